The average Bonchev–Trinajstić information content (AvgIpc) is 2.71. The Bertz CT molecular complexity index is 216. The Morgan fingerprint density at radius 3 is 2.93 bits per heavy atom. The van der Waals surface area contributed by atoms with Crippen molar-refractivity contribution in [1.29, 1.82) is 0 Å². The van der Waals surface area contributed by atoms with Gasteiger partial charge in [-0.05, 0) is 31.6 Å². The number of rotatable bonds is 2. The third-order valence-corrected chi connectivity index (χ3v) is 4.37. The largest absolute Gasteiger partial charge is 0.481 e. The fourth-order valence-electron chi connectivity index (χ4n) is 2.35. The van der Waals surface area contributed by atoms with Crippen LogP contribution in [0.2, 0.25) is 0 Å². The number of hydrogen-bond acceptors (Lipinski definition) is 3. The highest BCUT2D eigenvalue weighted by molar-refractivity contribution is 7.99. The van der Waals surface area contributed by atoms with E-state index in [4.69, 9.17) is 5.11 Å². The van der Waals surface area contributed by atoms with Gasteiger partial charge < -0.3 is 5.11 Å². The Kier molecular flexibility index (Phi) is 3.34. The molecule has 0 saturated carbocycles. The first-order valence-electron chi connectivity index (χ1n) is 5.32. The number of likely N-dealkylation sites (tertiary alicyclic amines) is 1. The van der Waals surface area contributed by atoms with E-state index in [0.29, 0.717) is 6.04 Å². The van der Waals surface area contributed by atoms with Crippen molar-refractivity contribution < 1.29 is 9.90 Å². The summed E-state index contributed by atoms with van der Waals surface area (Å²) in [5, 5.41) is 8.97. The fraction of sp³-hybridized carbons (Fsp3) is 0.900. The lowest BCUT2D eigenvalue weighted by Gasteiger charge is -2.34. The minimum Gasteiger partial charge on any atom is -0.481 e. The molecule has 80 valence electrons. The number of carbonyl (C=O) groups is 1. The SMILES string of the molecule is O=C(O)C1CCCN(C2CCSC2)C1. The highest BCUT2D eigenvalue weighted by atomic mass is 32.2. The molecule has 0 spiro atoms. The smallest absolute Gasteiger partial charge is 0.307 e. The van der Waals surface area contributed by atoms with E-state index in [-0.39, 0.29) is 5.92 Å². The van der Waals surface area contributed by atoms with Crippen molar-refractivity contribution in [3.05, 3.63) is 0 Å². The predicted molar refractivity (Wildman–Crippen MR) is 57.7 cm³/mol. The zero-order valence-corrected chi connectivity index (χ0v) is 9.13. The molecule has 2 aliphatic rings. The summed E-state index contributed by atoms with van der Waals surface area (Å²) in [4.78, 5) is 13.3. The Labute approximate surface area is 88.9 Å². The molecular formula is C10H17NO2S. The Morgan fingerprint density at radius 2 is 2.29 bits per heavy atom. The van der Waals surface area contributed by atoms with Gasteiger partial charge in [-0.1, -0.05) is 0 Å². The maximum Gasteiger partial charge on any atom is 0.307 e. The van der Waals surface area contributed by atoms with Gasteiger partial charge in [-0.15, -0.1) is 0 Å². The molecule has 0 amide bonds. The van der Waals surface area contributed by atoms with Gasteiger partial charge in [-0.3, -0.25) is 9.69 Å². The summed E-state index contributed by atoms with van der Waals surface area (Å²) >= 11 is 2.00. The van der Waals surface area contributed by atoms with Crippen LogP contribution in [0.5, 0.6) is 0 Å². The molecule has 3 nitrogen and oxygen atoms in total. The van der Waals surface area contributed by atoms with Crippen LogP contribution >= 0.6 is 11.8 Å². The van der Waals surface area contributed by atoms with Crippen LogP contribution in [-0.4, -0.2) is 46.6 Å². The second-order valence-electron chi connectivity index (χ2n) is 4.19. The predicted octanol–water partition coefficient (Wildman–Crippen LogP) is 1.29. The van der Waals surface area contributed by atoms with Crippen LogP contribution in [-0.2, 0) is 4.79 Å². The number of carboxylic acids is 1. The van der Waals surface area contributed by atoms with E-state index in [9.17, 15) is 4.79 Å². The molecule has 0 bridgehead atoms. The van der Waals surface area contributed by atoms with Crippen LogP contribution in [0, 0.1) is 5.92 Å². The van der Waals surface area contributed by atoms with Gasteiger partial charge in [0.2, 0.25) is 0 Å². The van der Waals surface area contributed by atoms with Crippen molar-refractivity contribution in [2.24, 2.45) is 5.92 Å². The van der Waals surface area contributed by atoms with Crippen molar-refractivity contribution in [1.82, 2.24) is 4.90 Å². The number of piperidine rings is 1. The third-order valence-electron chi connectivity index (χ3n) is 3.22. The van der Waals surface area contributed by atoms with Crippen molar-refractivity contribution in [3.8, 4) is 0 Å². The van der Waals surface area contributed by atoms with Crippen LogP contribution < -0.4 is 0 Å². The molecule has 0 radical (unpaired) electrons. The molecule has 2 atom stereocenters. The van der Waals surface area contributed by atoms with Gasteiger partial charge in [0.1, 0.15) is 0 Å². The molecule has 4 heteroatoms. The molecule has 2 rings (SSSR count). The Balaban J connectivity index is 1.89. The van der Waals surface area contributed by atoms with Gasteiger partial charge in [0.05, 0.1) is 5.92 Å². The summed E-state index contributed by atoms with van der Waals surface area (Å²) in [6.07, 6.45) is 3.17. The van der Waals surface area contributed by atoms with Crippen LogP contribution in [0.25, 0.3) is 0 Å². The second-order valence-corrected chi connectivity index (χ2v) is 5.34. The summed E-state index contributed by atoms with van der Waals surface area (Å²) in [5.41, 5.74) is 0. The van der Waals surface area contributed by atoms with Crippen LogP contribution in [0.3, 0.4) is 0 Å². The highest BCUT2D eigenvalue weighted by Crippen LogP contribution is 2.26. The first-order valence-corrected chi connectivity index (χ1v) is 6.47. The number of nitrogens with zero attached hydrogens (tertiary/aromatic N) is 1. The summed E-state index contributed by atoms with van der Waals surface area (Å²) in [6.45, 7) is 1.88. The van der Waals surface area contributed by atoms with E-state index < -0.39 is 5.97 Å². The summed E-state index contributed by atoms with van der Waals surface area (Å²) < 4.78 is 0. The maximum atomic E-state index is 10.9. The average molecular weight is 215 g/mol. The number of carboxylic acid groups (broad SMARTS) is 1. The van der Waals surface area contributed by atoms with E-state index in [1.807, 2.05) is 11.8 Å². The lowest BCUT2D eigenvalue weighted by atomic mass is 9.97. The normalized spacial score (nSPS) is 34.6. The van der Waals surface area contributed by atoms with Gasteiger partial charge in [0, 0.05) is 18.3 Å². The fourth-order valence-corrected chi connectivity index (χ4v) is 3.60. The van der Waals surface area contributed by atoms with E-state index in [0.717, 1.165) is 25.9 Å². The molecule has 0 aromatic rings. The molecule has 0 aromatic carbocycles. The molecule has 0 aliphatic carbocycles. The van der Waals surface area contributed by atoms with E-state index >= 15 is 0 Å². The quantitative estimate of drug-likeness (QED) is 0.753. The summed E-state index contributed by atoms with van der Waals surface area (Å²) in [7, 11) is 0. The minimum atomic E-state index is -0.611. The Hall–Kier alpha value is -0.220. The molecule has 0 aromatic heterocycles. The lowest BCUT2D eigenvalue weighted by Crippen LogP contribution is -2.44. The number of thioether (sulfide) groups is 1. The van der Waals surface area contributed by atoms with E-state index in [2.05, 4.69) is 4.90 Å². The van der Waals surface area contributed by atoms with Gasteiger partial charge in [0.15, 0.2) is 0 Å². The monoisotopic (exact) mass is 215 g/mol. The van der Waals surface area contributed by atoms with Crippen molar-refractivity contribution in [2.45, 2.75) is 25.3 Å². The summed E-state index contributed by atoms with van der Waals surface area (Å²) in [6, 6.07) is 0.655. The van der Waals surface area contributed by atoms with Gasteiger partial charge in [-0.2, -0.15) is 11.8 Å². The molecule has 14 heavy (non-hydrogen) atoms. The molecular weight excluding hydrogens is 198 g/mol. The third kappa shape index (κ3) is 2.23. The van der Waals surface area contributed by atoms with Crippen LogP contribution in [0.4, 0.5) is 0 Å². The highest BCUT2D eigenvalue weighted by Gasteiger charge is 2.30. The standard InChI is InChI=1S/C10H17NO2S/c12-10(13)8-2-1-4-11(6-8)9-3-5-14-7-9/h8-9H,1-7H2,(H,12,13). The first kappa shape index (κ1) is 10.3. The molecule has 2 fully saturated rings. The van der Waals surface area contributed by atoms with E-state index in [1.165, 1.54) is 17.9 Å². The number of hydrogen-bond donors (Lipinski definition) is 1. The molecule has 2 unspecified atom stereocenters. The Morgan fingerprint density at radius 1 is 1.43 bits per heavy atom. The molecule has 2 heterocycles. The van der Waals surface area contributed by atoms with Gasteiger partial charge in [0.25, 0.3) is 0 Å². The molecule has 2 aliphatic heterocycles. The molecule has 2 saturated heterocycles. The van der Waals surface area contributed by atoms with E-state index in [1.54, 1.807) is 0 Å². The van der Waals surface area contributed by atoms with Crippen molar-refractivity contribution in [2.75, 3.05) is 24.6 Å². The zero-order valence-electron chi connectivity index (χ0n) is 8.32. The van der Waals surface area contributed by atoms with Crippen LogP contribution in [0.1, 0.15) is 19.3 Å². The second kappa shape index (κ2) is 4.53. The zero-order chi connectivity index (χ0) is 9.97. The minimum absolute atomic E-state index is 0.116. The summed E-state index contributed by atoms with van der Waals surface area (Å²) in [5.74, 6) is 1.72. The lowest BCUT2D eigenvalue weighted by molar-refractivity contribution is -0.143. The van der Waals surface area contributed by atoms with Gasteiger partial charge in [-0.25, -0.2) is 0 Å². The maximum absolute atomic E-state index is 10.9. The van der Waals surface area contributed by atoms with Gasteiger partial charge >= 0.3 is 5.97 Å². The van der Waals surface area contributed by atoms with Crippen molar-refractivity contribution in [3.63, 3.8) is 0 Å². The van der Waals surface area contributed by atoms with Crippen LogP contribution in [0.15, 0.2) is 0 Å². The first-order chi connectivity index (χ1) is 6.77. The number of aliphatic carboxylic acids is 1. The topological polar surface area (TPSA) is 40.5 Å². The van der Waals surface area contributed by atoms with Crippen molar-refractivity contribution >= 4 is 17.7 Å². The molecule has 1 N–H and O–H groups in total.